The molecule has 2 rings (SSSR count). The van der Waals surface area contributed by atoms with Crippen molar-refractivity contribution in [3.63, 3.8) is 0 Å². The van der Waals surface area contributed by atoms with Crippen LogP contribution in [0.2, 0.25) is 0 Å². The smallest absolute Gasteiger partial charge is 0.0685 e. The lowest BCUT2D eigenvalue weighted by Crippen LogP contribution is -1.94. The van der Waals surface area contributed by atoms with E-state index < -0.39 is 0 Å². The van der Waals surface area contributed by atoms with E-state index >= 15 is 0 Å². The molecular formula is C12H13NO. The summed E-state index contributed by atoms with van der Waals surface area (Å²) in [6, 6.07) is 10.1. The van der Waals surface area contributed by atoms with Gasteiger partial charge in [-0.05, 0) is 42.3 Å². The number of hydrogen-bond donors (Lipinski definition) is 1. The minimum Gasteiger partial charge on any atom is -0.392 e. The van der Waals surface area contributed by atoms with E-state index in [0.29, 0.717) is 0 Å². The first kappa shape index (κ1) is 9.03. The summed E-state index contributed by atoms with van der Waals surface area (Å²) < 4.78 is 2.03. The maximum absolute atomic E-state index is 9.13. The lowest BCUT2D eigenvalue weighted by molar-refractivity contribution is 0.281. The maximum atomic E-state index is 9.13. The number of aliphatic hydroxyl groups excluding tert-OH is 1. The van der Waals surface area contributed by atoms with E-state index in [2.05, 4.69) is 6.07 Å². The van der Waals surface area contributed by atoms with Gasteiger partial charge in [0.25, 0.3) is 0 Å². The van der Waals surface area contributed by atoms with Crippen molar-refractivity contribution in [3.8, 4) is 5.69 Å². The van der Waals surface area contributed by atoms with Crippen LogP contribution < -0.4 is 0 Å². The second kappa shape index (κ2) is 3.68. The molecule has 2 aromatic rings. The number of nitrogens with zero attached hydrogens (tertiary/aromatic N) is 1. The zero-order valence-electron chi connectivity index (χ0n) is 8.14. The fourth-order valence-corrected chi connectivity index (χ4v) is 1.50. The summed E-state index contributed by atoms with van der Waals surface area (Å²) in [4.78, 5) is 0. The molecule has 0 atom stereocenters. The van der Waals surface area contributed by atoms with Gasteiger partial charge >= 0.3 is 0 Å². The van der Waals surface area contributed by atoms with Crippen molar-refractivity contribution in [1.82, 2.24) is 4.57 Å². The first-order chi connectivity index (χ1) is 6.81. The highest BCUT2D eigenvalue weighted by molar-refractivity contribution is 5.40. The van der Waals surface area contributed by atoms with E-state index in [1.54, 1.807) is 0 Å². The summed E-state index contributed by atoms with van der Waals surface area (Å²) in [5.41, 5.74) is 3.20. The first-order valence-electron chi connectivity index (χ1n) is 4.65. The maximum Gasteiger partial charge on any atom is 0.0685 e. The number of hydrogen-bond acceptors (Lipinski definition) is 1. The average Bonchev–Trinajstić information content (AvgIpc) is 2.71. The zero-order chi connectivity index (χ0) is 9.97. The van der Waals surface area contributed by atoms with Gasteiger partial charge in [0.05, 0.1) is 6.61 Å². The lowest BCUT2D eigenvalue weighted by Gasteiger charge is -2.07. The monoisotopic (exact) mass is 187 g/mol. The minimum atomic E-state index is 0.0982. The molecule has 2 heteroatoms. The molecule has 0 radical (unpaired) electrons. The van der Waals surface area contributed by atoms with E-state index in [1.165, 1.54) is 0 Å². The third kappa shape index (κ3) is 1.56. The van der Waals surface area contributed by atoms with Gasteiger partial charge in [0.15, 0.2) is 0 Å². The number of rotatable bonds is 2. The van der Waals surface area contributed by atoms with Gasteiger partial charge in [0.2, 0.25) is 0 Å². The Morgan fingerprint density at radius 2 is 1.93 bits per heavy atom. The van der Waals surface area contributed by atoms with Crippen LogP contribution in [0.4, 0.5) is 0 Å². The average molecular weight is 187 g/mol. The molecule has 0 bridgehead atoms. The van der Waals surface area contributed by atoms with Crippen molar-refractivity contribution in [2.45, 2.75) is 13.5 Å². The van der Waals surface area contributed by atoms with Gasteiger partial charge in [0, 0.05) is 18.1 Å². The van der Waals surface area contributed by atoms with Crippen molar-refractivity contribution in [1.29, 1.82) is 0 Å². The summed E-state index contributed by atoms with van der Waals surface area (Å²) in [7, 11) is 0. The molecule has 0 aliphatic carbocycles. The summed E-state index contributed by atoms with van der Waals surface area (Å²) in [5.74, 6) is 0. The van der Waals surface area contributed by atoms with Gasteiger partial charge in [-0.15, -0.1) is 0 Å². The first-order valence-corrected chi connectivity index (χ1v) is 4.65. The van der Waals surface area contributed by atoms with Gasteiger partial charge in [0.1, 0.15) is 0 Å². The third-order valence-corrected chi connectivity index (χ3v) is 2.41. The van der Waals surface area contributed by atoms with Crippen LogP contribution in [0.15, 0.2) is 42.7 Å². The molecule has 2 nitrogen and oxygen atoms in total. The normalized spacial score (nSPS) is 10.4. The van der Waals surface area contributed by atoms with Gasteiger partial charge in [-0.1, -0.05) is 6.07 Å². The molecule has 0 amide bonds. The Morgan fingerprint density at radius 3 is 2.57 bits per heavy atom. The van der Waals surface area contributed by atoms with Gasteiger partial charge in [-0.3, -0.25) is 0 Å². The summed E-state index contributed by atoms with van der Waals surface area (Å²) in [6.07, 6.45) is 3.98. The topological polar surface area (TPSA) is 25.2 Å². The van der Waals surface area contributed by atoms with Crippen molar-refractivity contribution in [2.24, 2.45) is 0 Å². The minimum absolute atomic E-state index is 0.0982. The van der Waals surface area contributed by atoms with E-state index in [4.69, 9.17) is 5.11 Å². The van der Waals surface area contributed by atoms with Crippen LogP contribution in [0.3, 0.4) is 0 Å². The van der Waals surface area contributed by atoms with Gasteiger partial charge in [-0.2, -0.15) is 0 Å². The van der Waals surface area contributed by atoms with Gasteiger partial charge < -0.3 is 9.67 Å². The Bertz CT molecular complexity index is 418. The Kier molecular flexibility index (Phi) is 2.37. The molecule has 0 unspecified atom stereocenters. The molecular weight excluding hydrogens is 174 g/mol. The number of aromatic nitrogens is 1. The van der Waals surface area contributed by atoms with Crippen molar-refractivity contribution < 1.29 is 5.11 Å². The third-order valence-electron chi connectivity index (χ3n) is 2.41. The predicted molar refractivity (Wildman–Crippen MR) is 56.4 cm³/mol. The number of aryl methyl sites for hydroxylation is 1. The molecule has 0 spiro atoms. The fraction of sp³-hybridized carbons (Fsp3) is 0.167. The van der Waals surface area contributed by atoms with E-state index in [0.717, 1.165) is 16.8 Å². The highest BCUT2D eigenvalue weighted by Crippen LogP contribution is 2.14. The lowest BCUT2D eigenvalue weighted by atomic mass is 10.1. The largest absolute Gasteiger partial charge is 0.392 e. The summed E-state index contributed by atoms with van der Waals surface area (Å²) in [6.45, 7) is 2.10. The molecule has 0 fully saturated rings. The quantitative estimate of drug-likeness (QED) is 0.766. The molecule has 1 heterocycles. The Hall–Kier alpha value is -1.54. The Balaban J connectivity index is 2.46. The summed E-state index contributed by atoms with van der Waals surface area (Å²) in [5, 5.41) is 9.13. The molecule has 0 saturated carbocycles. The fourth-order valence-electron chi connectivity index (χ4n) is 1.50. The molecule has 1 N–H and O–H groups in total. The van der Waals surface area contributed by atoms with Crippen LogP contribution in [-0.2, 0) is 6.61 Å². The predicted octanol–water partition coefficient (Wildman–Crippen LogP) is 2.28. The number of aliphatic hydroxyl groups is 1. The SMILES string of the molecule is Cc1ccc(-n2cccc2)cc1CO. The van der Waals surface area contributed by atoms with E-state index in [1.807, 2.05) is 48.1 Å². The molecule has 1 aromatic carbocycles. The molecule has 14 heavy (non-hydrogen) atoms. The standard InChI is InChI=1S/C12H13NO/c1-10-4-5-12(8-11(10)9-14)13-6-2-3-7-13/h2-8,14H,9H2,1H3. The van der Waals surface area contributed by atoms with Crippen LogP contribution in [0.25, 0.3) is 5.69 Å². The highest BCUT2D eigenvalue weighted by Gasteiger charge is 1.99. The zero-order valence-corrected chi connectivity index (χ0v) is 8.14. The summed E-state index contributed by atoms with van der Waals surface area (Å²) >= 11 is 0. The molecule has 0 aliphatic rings. The van der Waals surface area contributed by atoms with Crippen molar-refractivity contribution >= 4 is 0 Å². The molecule has 0 saturated heterocycles. The van der Waals surface area contributed by atoms with Crippen LogP contribution >= 0.6 is 0 Å². The van der Waals surface area contributed by atoms with Crippen molar-refractivity contribution in [2.75, 3.05) is 0 Å². The van der Waals surface area contributed by atoms with Crippen LogP contribution in [0.1, 0.15) is 11.1 Å². The van der Waals surface area contributed by atoms with Crippen molar-refractivity contribution in [3.05, 3.63) is 53.9 Å². The second-order valence-electron chi connectivity index (χ2n) is 3.36. The van der Waals surface area contributed by atoms with Crippen LogP contribution in [0, 0.1) is 6.92 Å². The molecule has 0 aliphatic heterocycles. The second-order valence-corrected chi connectivity index (χ2v) is 3.36. The molecule has 72 valence electrons. The highest BCUT2D eigenvalue weighted by atomic mass is 16.3. The number of benzene rings is 1. The van der Waals surface area contributed by atoms with Crippen LogP contribution in [0.5, 0.6) is 0 Å². The van der Waals surface area contributed by atoms with Gasteiger partial charge in [-0.25, -0.2) is 0 Å². The Labute approximate surface area is 83.4 Å². The van der Waals surface area contributed by atoms with E-state index in [-0.39, 0.29) is 6.61 Å². The Morgan fingerprint density at radius 1 is 1.21 bits per heavy atom. The van der Waals surface area contributed by atoms with E-state index in [9.17, 15) is 0 Å². The molecule has 1 aromatic heterocycles. The van der Waals surface area contributed by atoms with Crippen LogP contribution in [-0.4, -0.2) is 9.67 Å².